The van der Waals surface area contributed by atoms with Gasteiger partial charge in [-0.3, -0.25) is 19.8 Å². The standard InChI is InChI=1S/C22H21F3N4O4/c23-22(24,25)13-27(12-17-7-3-4-8-18(17)29(32)33)14-28-19(30)21(26-20(28)31)10-9-15-5-1-2-6-16(15)11-21/h1-8H,9-14H2,(H,26,31). The van der Waals surface area contributed by atoms with Crippen molar-refractivity contribution in [2.24, 2.45) is 0 Å². The van der Waals surface area contributed by atoms with Gasteiger partial charge in [0.2, 0.25) is 0 Å². The maximum atomic E-state index is 13.3. The Morgan fingerprint density at radius 1 is 1.09 bits per heavy atom. The Kier molecular flexibility index (Phi) is 5.83. The number of halogens is 3. The number of hydrogen-bond donors (Lipinski definition) is 1. The second-order valence-corrected chi connectivity index (χ2v) is 8.32. The number of urea groups is 1. The predicted molar refractivity (Wildman–Crippen MR) is 111 cm³/mol. The number of para-hydroxylation sites is 1. The summed E-state index contributed by atoms with van der Waals surface area (Å²) in [6.07, 6.45) is -3.48. The van der Waals surface area contributed by atoms with Gasteiger partial charge in [-0.15, -0.1) is 0 Å². The molecule has 1 saturated heterocycles. The van der Waals surface area contributed by atoms with Gasteiger partial charge in [-0.1, -0.05) is 42.5 Å². The maximum absolute atomic E-state index is 13.3. The largest absolute Gasteiger partial charge is 0.401 e. The van der Waals surface area contributed by atoms with Gasteiger partial charge >= 0.3 is 12.2 Å². The summed E-state index contributed by atoms with van der Waals surface area (Å²) in [6.45, 7) is -2.53. The van der Waals surface area contributed by atoms with Crippen molar-refractivity contribution in [2.45, 2.75) is 37.5 Å². The molecule has 2 aromatic carbocycles. The molecule has 1 unspecified atom stereocenters. The molecule has 0 saturated carbocycles. The number of aryl methyl sites for hydroxylation is 1. The average molecular weight is 462 g/mol. The molecule has 33 heavy (non-hydrogen) atoms. The van der Waals surface area contributed by atoms with Gasteiger partial charge in [0, 0.05) is 24.6 Å². The van der Waals surface area contributed by atoms with Crippen molar-refractivity contribution in [3.63, 3.8) is 0 Å². The van der Waals surface area contributed by atoms with Crippen molar-refractivity contribution in [3.8, 4) is 0 Å². The number of nitrogens with one attached hydrogen (secondary N) is 1. The van der Waals surface area contributed by atoms with Crippen LogP contribution in [0.4, 0.5) is 23.7 Å². The minimum atomic E-state index is -4.63. The SMILES string of the molecule is O=C1NC2(CCc3ccccc3C2)C(=O)N1CN(Cc1ccccc1[N+](=O)[O-])CC(F)(F)F. The number of nitro benzene ring substituents is 1. The minimum Gasteiger partial charge on any atom is -0.323 e. The zero-order valence-corrected chi connectivity index (χ0v) is 17.5. The van der Waals surface area contributed by atoms with Gasteiger partial charge in [0.15, 0.2) is 0 Å². The molecule has 1 fully saturated rings. The van der Waals surface area contributed by atoms with Gasteiger partial charge in [0.1, 0.15) is 5.54 Å². The van der Waals surface area contributed by atoms with Gasteiger partial charge in [-0.05, 0) is 24.0 Å². The second kappa shape index (κ2) is 8.47. The molecule has 1 heterocycles. The summed E-state index contributed by atoms with van der Waals surface area (Å²) in [7, 11) is 0. The quantitative estimate of drug-likeness (QED) is 0.403. The fourth-order valence-electron chi connectivity index (χ4n) is 4.50. The highest BCUT2D eigenvalue weighted by atomic mass is 19.4. The Labute approximate surface area is 187 Å². The molecule has 11 heteroatoms. The molecule has 2 aliphatic rings. The Morgan fingerprint density at radius 3 is 2.45 bits per heavy atom. The highest BCUT2D eigenvalue weighted by Gasteiger charge is 2.52. The van der Waals surface area contributed by atoms with Crippen LogP contribution < -0.4 is 5.32 Å². The molecule has 0 bridgehead atoms. The number of carbonyl (C=O) groups excluding carboxylic acids is 2. The number of alkyl halides is 3. The number of nitrogens with zero attached hydrogens (tertiary/aromatic N) is 3. The Hall–Kier alpha value is -3.47. The van der Waals surface area contributed by atoms with Crippen LogP contribution in [-0.2, 0) is 24.2 Å². The summed E-state index contributed by atoms with van der Waals surface area (Å²) in [4.78, 5) is 38.1. The normalized spacial score (nSPS) is 20.3. The van der Waals surface area contributed by atoms with Crippen LogP contribution in [0.1, 0.15) is 23.1 Å². The number of amides is 3. The van der Waals surface area contributed by atoms with E-state index in [0.717, 1.165) is 20.9 Å². The first kappa shape index (κ1) is 22.7. The number of hydrogen-bond acceptors (Lipinski definition) is 5. The molecule has 1 spiro atoms. The van der Waals surface area contributed by atoms with Crippen LogP contribution >= 0.6 is 0 Å². The third kappa shape index (κ3) is 4.68. The number of imide groups is 1. The van der Waals surface area contributed by atoms with Crippen molar-refractivity contribution in [2.75, 3.05) is 13.2 Å². The van der Waals surface area contributed by atoms with E-state index in [9.17, 15) is 32.9 Å². The molecule has 2 aromatic rings. The van der Waals surface area contributed by atoms with Crippen LogP contribution in [0.2, 0.25) is 0 Å². The first-order valence-electron chi connectivity index (χ1n) is 10.3. The minimum absolute atomic E-state index is 0.0557. The van der Waals surface area contributed by atoms with Gasteiger partial charge in [0.05, 0.1) is 18.1 Å². The van der Waals surface area contributed by atoms with E-state index in [1.807, 2.05) is 24.3 Å². The van der Waals surface area contributed by atoms with Crippen molar-refractivity contribution < 1.29 is 27.7 Å². The molecule has 174 valence electrons. The number of fused-ring (bicyclic) bond motifs is 1. The second-order valence-electron chi connectivity index (χ2n) is 8.32. The van der Waals surface area contributed by atoms with Crippen molar-refractivity contribution in [1.29, 1.82) is 0 Å². The maximum Gasteiger partial charge on any atom is 0.401 e. The van der Waals surface area contributed by atoms with E-state index in [4.69, 9.17) is 0 Å². The van der Waals surface area contributed by atoms with E-state index in [2.05, 4.69) is 5.32 Å². The van der Waals surface area contributed by atoms with Gasteiger partial charge in [0.25, 0.3) is 11.6 Å². The van der Waals surface area contributed by atoms with E-state index in [1.54, 1.807) is 0 Å². The smallest absolute Gasteiger partial charge is 0.323 e. The lowest BCUT2D eigenvalue weighted by atomic mass is 9.78. The summed E-state index contributed by atoms with van der Waals surface area (Å²) in [5.41, 5.74) is 0.501. The molecular weight excluding hydrogens is 441 g/mol. The van der Waals surface area contributed by atoms with E-state index in [1.165, 1.54) is 24.3 Å². The zero-order valence-electron chi connectivity index (χ0n) is 17.5. The molecule has 8 nitrogen and oxygen atoms in total. The number of carbonyl (C=O) groups is 2. The number of benzene rings is 2. The van der Waals surface area contributed by atoms with Gasteiger partial charge in [-0.2, -0.15) is 13.2 Å². The lowest BCUT2D eigenvalue weighted by Crippen LogP contribution is -2.52. The molecule has 4 rings (SSSR count). The highest BCUT2D eigenvalue weighted by molar-refractivity contribution is 6.07. The molecule has 0 radical (unpaired) electrons. The summed E-state index contributed by atoms with van der Waals surface area (Å²) in [6, 6.07) is 12.2. The van der Waals surface area contributed by atoms with Crippen molar-refractivity contribution in [3.05, 3.63) is 75.3 Å². The molecular formula is C22H21F3N4O4. The van der Waals surface area contributed by atoms with Crippen molar-refractivity contribution >= 4 is 17.6 Å². The van der Waals surface area contributed by atoms with E-state index >= 15 is 0 Å². The predicted octanol–water partition coefficient (Wildman–Crippen LogP) is 3.40. The van der Waals surface area contributed by atoms with Crippen LogP contribution in [0.5, 0.6) is 0 Å². The number of nitro groups is 1. The van der Waals surface area contributed by atoms with E-state index < -0.39 is 48.3 Å². The first-order valence-corrected chi connectivity index (χ1v) is 10.3. The third-order valence-electron chi connectivity index (χ3n) is 6.00. The lowest BCUT2D eigenvalue weighted by Gasteiger charge is -2.33. The third-order valence-corrected chi connectivity index (χ3v) is 6.00. The Bertz CT molecular complexity index is 1110. The van der Waals surface area contributed by atoms with Crippen LogP contribution in [0.3, 0.4) is 0 Å². The van der Waals surface area contributed by atoms with Gasteiger partial charge in [-0.25, -0.2) is 9.69 Å². The fraction of sp³-hybridized carbons (Fsp3) is 0.364. The molecule has 1 N–H and O–H groups in total. The molecule has 1 aliphatic heterocycles. The summed E-state index contributed by atoms with van der Waals surface area (Å²) in [5.74, 6) is -0.586. The number of rotatable bonds is 6. The van der Waals surface area contributed by atoms with Crippen LogP contribution in [0, 0.1) is 10.1 Å². The monoisotopic (exact) mass is 462 g/mol. The van der Waals surface area contributed by atoms with E-state index in [0.29, 0.717) is 12.8 Å². The topological polar surface area (TPSA) is 95.8 Å². The van der Waals surface area contributed by atoms with Crippen LogP contribution in [-0.4, -0.2) is 51.6 Å². The summed E-state index contributed by atoms with van der Waals surface area (Å²) < 4.78 is 39.8. The van der Waals surface area contributed by atoms with E-state index in [-0.39, 0.29) is 17.7 Å². The summed E-state index contributed by atoms with van der Waals surface area (Å²) in [5, 5.41) is 14.0. The average Bonchev–Trinajstić information content (AvgIpc) is 2.96. The van der Waals surface area contributed by atoms with Crippen LogP contribution in [0.25, 0.3) is 0 Å². The van der Waals surface area contributed by atoms with Crippen molar-refractivity contribution in [1.82, 2.24) is 15.1 Å². The van der Waals surface area contributed by atoms with Gasteiger partial charge < -0.3 is 5.32 Å². The fourth-order valence-corrected chi connectivity index (χ4v) is 4.50. The highest BCUT2D eigenvalue weighted by Crippen LogP contribution is 2.34. The zero-order chi connectivity index (χ0) is 23.8. The molecule has 1 atom stereocenters. The molecule has 1 aliphatic carbocycles. The summed E-state index contributed by atoms with van der Waals surface area (Å²) >= 11 is 0. The molecule has 3 amide bonds. The lowest BCUT2D eigenvalue weighted by molar-refractivity contribution is -0.385. The Balaban J connectivity index is 1.57. The first-order chi connectivity index (χ1) is 15.6. The Morgan fingerprint density at radius 2 is 1.76 bits per heavy atom. The molecule has 0 aromatic heterocycles. The van der Waals surface area contributed by atoms with Crippen LogP contribution in [0.15, 0.2) is 48.5 Å².